The summed E-state index contributed by atoms with van der Waals surface area (Å²) in [7, 11) is 1.60. The number of nitro groups is 1. The van der Waals surface area contributed by atoms with E-state index in [1.165, 1.54) is 17.4 Å². The number of thiazole rings is 1. The van der Waals surface area contributed by atoms with Crippen LogP contribution in [-0.4, -0.2) is 79.9 Å². The second kappa shape index (κ2) is 13.2. The van der Waals surface area contributed by atoms with Crippen LogP contribution in [0.5, 0.6) is 0 Å². The number of nitro benzene ring substituents is 1. The Hall–Kier alpha value is -3.00. The number of benzene rings is 1. The van der Waals surface area contributed by atoms with Crippen molar-refractivity contribution in [3.05, 3.63) is 50.2 Å². The van der Waals surface area contributed by atoms with Crippen LogP contribution >= 0.6 is 11.3 Å². The lowest BCUT2D eigenvalue weighted by atomic mass is 9.97. The number of carbonyl (C=O) groups is 2. The lowest BCUT2D eigenvalue weighted by Crippen LogP contribution is -2.40. The zero-order valence-corrected chi connectivity index (χ0v) is 20.1. The van der Waals surface area contributed by atoms with E-state index in [1.54, 1.807) is 17.4 Å². The number of anilines is 1. The molecule has 0 atom stereocenters. The molecule has 0 unspecified atom stereocenters. The molecule has 0 saturated carbocycles. The van der Waals surface area contributed by atoms with Gasteiger partial charge in [-0.1, -0.05) is 0 Å². The summed E-state index contributed by atoms with van der Waals surface area (Å²) in [4.78, 5) is 41.0. The van der Waals surface area contributed by atoms with Crippen LogP contribution in [0.3, 0.4) is 0 Å². The van der Waals surface area contributed by atoms with Gasteiger partial charge in [-0.25, -0.2) is 4.98 Å². The minimum Gasteiger partial charge on any atom is -0.382 e. The van der Waals surface area contributed by atoms with Crippen LogP contribution in [0.4, 0.5) is 15.8 Å². The van der Waals surface area contributed by atoms with Gasteiger partial charge >= 0.3 is 5.69 Å². The van der Waals surface area contributed by atoms with Crippen molar-refractivity contribution in [2.45, 2.75) is 18.8 Å². The van der Waals surface area contributed by atoms with E-state index in [0.717, 1.165) is 17.1 Å². The summed E-state index contributed by atoms with van der Waals surface area (Å²) in [5, 5.41) is 15.8. The number of methoxy groups -OCH3 is 1. The monoisotopic (exact) mass is 510 g/mol. The van der Waals surface area contributed by atoms with Crippen molar-refractivity contribution in [2.75, 3.05) is 58.6 Å². The normalized spacial score (nSPS) is 14.2. The third kappa shape index (κ3) is 7.75. The second-order valence-electron chi connectivity index (χ2n) is 7.76. The molecule has 1 N–H and O–H groups in total. The number of nitrogens with zero attached hydrogens (tertiary/aromatic N) is 3. The summed E-state index contributed by atoms with van der Waals surface area (Å²) < 4.78 is 29.0. The van der Waals surface area contributed by atoms with Crippen LogP contribution in [0.15, 0.2) is 23.6 Å². The van der Waals surface area contributed by atoms with E-state index in [4.69, 9.17) is 14.2 Å². The standard InChI is InChI=1S/C22H27FN4O7S/c1-32-8-9-33-10-11-34-13-20(28)26-6-4-15(5-7-26)22-25-18(14-35-22)21(29)24-16-2-3-17(23)19(12-16)27(30)31/h2-3,12,14-15H,4-11,13H2,1H3,(H,24,29). The number of carbonyl (C=O) groups excluding carboxylic acids is 2. The van der Waals surface area contributed by atoms with E-state index < -0.39 is 22.3 Å². The first-order valence-corrected chi connectivity index (χ1v) is 11.9. The maximum absolute atomic E-state index is 13.5. The first kappa shape index (κ1) is 26.6. The fourth-order valence-electron chi connectivity index (χ4n) is 3.49. The molecule has 2 heterocycles. The smallest absolute Gasteiger partial charge is 0.306 e. The minimum absolute atomic E-state index is 0.00141. The summed E-state index contributed by atoms with van der Waals surface area (Å²) in [6.45, 7) is 2.86. The highest BCUT2D eigenvalue weighted by molar-refractivity contribution is 7.10. The number of rotatable bonds is 12. The Labute approximate surface area is 205 Å². The predicted octanol–water partition coefficient (Wildman–Crippen LogP) is 2.83. The molecule has 1 aromatic heterocycles. The van der Waals surface area contributed by atoms with E-state index in [1.807, 2.05) is 0 Å². The maximum Gasteiger partial charge on any atom is 0.306 e. The van der Waals surface area contributed by atoms with Gasteiger partial charge in [0.1, 0.15) is 12.3 Å². The van der Waals surface area contributed by atoms with Crippen molar-refractivity contribution in [3.63, 3.8) is 0 Å². The highest BCUT2D eigenvalue weighted by Gasteiger charge is 2.26. The maximum atomic E-state index is 13.5. The Morgan fingerprint density at radius 1 is 1.23 bits per heavy atom. The number of aromatic nitrogens is 1. The molecular formula is C22H27FN4O7S. The van der Waals surface area contributed by atoms with Crippen LogP contribution in [0, 0.1) is 15.9 Å². The number of nitrogens with one attached hydrogen (secondary N) is 1. The SMILES string of the molecule is COCCOCCOCC(=O)N1CCC(c2nc(C(=O)Nc3ccc(F)c([N+](=O)[O-])c3)cs2)CC1. The molecule has 13 heteroatoms. The van der Waals surface area contributed by atoms with E-state index in [9.17, 15) is 24.1 Å². The van der Waals surface area contributed by atoms with E-state index >= 15 is 0 Å². The Morgan fingerprint density at radius 3 is 2.66 bits per heavy atom. The van der Waals surface area contributed by atoms with Crippen molar-refractivity contribution in [1.29, 1.82) is 0 Å². The number of amides is 2. The minimum atomic E-state index is -0.979. The van der Waals surface area contributed by atoms with Gasteiger partial charge in [0.05, 0.1) is 36.4 Å². The molecule has 0 radical (unpaired) electrons. The van der Waals surface area contributed by atoms with Crippen molar-refractivity contribution >= 4 is 34.5 Å². The molecular weight excluding hydrogens is 483 g/mol. The van der Waals surface area contributed by atoms with Gasteiger partial charge in [0.25, 0.3) is 5.91 Å². The van der Waals surface area contributed by atoms with Gasteiger partial charge < -0.3 is 24.4 Å². The van der Waals surface area contributed by atoms with Gasteiger partial charge in [0.2, 0.25) is 11.7 Å². The molecule has 0 aliphatic carbocycles. The highest BCUT2D eigenvalue weighted by Crippen LogP contribution is 2.31. The van der Waals surface area contributed by atoms with Crippen molar-refractivity contribution in [2.24, 2.45) is 0 Å². The third-order valence-corrected chi connectivity index (χ3v) is 6.39. The number of hydrogen-bond acceptors (Lipinski definition) is 9. The van der Waals surface area contributed by atoms with Gasteiger partial charge in [-0.05, 0) is 25.0 Å². The number of halogens is 1. The van der Waals surface area contributed by atoms with E-state index in [0.29, 0.717) is 52.4 Å². The van der Waals surface area contributed by atoms with Gasteiger partial charge in [-0.3, -0.25) is 19.7 Å². The van der Waals surface area contributed by atoms with E-state index in [-0.39, 0.29) is 29.8 Å². The fourth-order valence-corrected chi connectivity index (χ4v) is 4.46. The summed E-state index contributed by atoms with van der Waals surface area (Å²) in [5.41, 5.74) is -0.436. The molecule has 190 valence electrons. The number of hydrogen-bond donors (Lipinski definition) is 1. The Morgan fingerprint density at radius 2 is 1.94 bits per heavy atom. The molecule has 1 aromatic carbocycles. The van der Waals surface area contributed by atoms with Crippen LogP contribution in [0.25, 0.3) is 0 Å². The lowest BCUT2D eigenvalue weighted by molar-refractivity contribution is -0.387. The largest absolute Gasteiger partial charge is 0.382 e. The number of piperidine rings is 1. The Balaban J connectivity index is 1.44. The molecule has 11 nitrogen and oxygen atoms in total. The van der Waals surface area contributed by atoms with E-state index in [2.05, 4.69) is 10.3 Å². The van der Waals surface area contributed by atoms with Crippen molar-refractivity contribution in [1.82, 2.24) is 9.88 Å². The summed E-state index contributed by atoms with van der Waals surface area (Å²) in [6.07, 6.45) is 1.43. The first-order chi connectivity index (χ1) is 16.9. The Kier molecular flexibility index (Phi) is 10.0. The van der Waals surface area contributed by atoms with Crippen molar-refractivity contribution in [3.8, 4) is 0 Å². The summed E-state index contributed by atoms with van der Waals surface area (Å²) >= 11 is 1.35. The van der Waals surface area contributed by atoms with Crippen molar-refractivity contribution < 1.29 is 33.1 Å². The predicted molar refractivity (Wildman–Crippen MR) is 125 cm³/mol. The molecule has 3 rings (SSSR count). The zero-order chi connectivity index (χ0) is 25.2. The summed E-state index contributed by atoms with van der Waals surface area (Å²) in [6, 6.07) is 3.14. The van der Waals surface area contributed by atoms with Crippen LogP contribution in [-0.2, 0) is 19.0 Å². The molecule has 1 fully saturated rings. The van der Waals surface area contributed by atoms with Gasteiger partial charge in [0, 0.05) is 43.3 Å². The lowest BCUT2D eigenvalue weighted by Gasteiger charge is -2.31. The average Bonchev–Trinajstić information content (AvgIpc) is 3.35. The second-order valence-corrected chi connectivity index (χ2v) is 8.65. The molecule has 0 bridgehead atoms. The molecule has 1 aliphatic rings. The van der Waals surface area contributed by atoms with Gasteiger partial charge in [-0.15, -0.1) is 11.3 Å². The Bertz CT molecular complexity index is 1030. The molecule has 2 amide bonds. The van der Waals surface area contributed by atoms with Gasteiger partial charge in [0.15, 0.2) is 0 Å². The number of ether oxygens (including phenoxy) is 3. The highest BCUT2D eigenvalue weighted by atomic mass is 32.1. The number of likely N-dealkylation sites (tertiary alicyclic amines) is 1. The quantitative estimate of drug-likeness (QED) is 0.262. The molecule has 0 spiro atoms. The van der Waals surface area contributed by atoms with Crippen LogP contribution in [0.2, 0.25) is 0 Å². The summed E-state index contributed by atoms with van der Waals surface area (Å²) in [5.74, 6) is -1.47. The average molecular weight is 511 g/mol. The van der Waals surface area contributed by atoms with Crippen LogP contribution in [0.1, 0.15) is 34.3 Å². The molecule has 1 aliphatic heterocycles. The topological polar surface area (TPSA) is 133 Å². The third-order valence-electron chi connectivity index (χ3n) is 5.38. The van der Waals surface area contributed by atoms with Gasteiger partial charge in [-0.2, -0.15) is 4.39 Å². The molecule has 1 saturated heterocycles. The molecule has 2 aromatic rings. The van der Waals surface area contributed by atoms with Crippen LogP contribution < -0.4 is 5.32 Å². The first-order valence-electron chi connectivity index (χ1n) is 11.0. The zero-order valence-electron chi connectivity index (χ0n) is 19.2. The molecule has 35 heavy (non-hydrogen) atoms. The fraction of sp³-hybridized carbons (Fsp3) is 0.500.